The highest BCUT2D eigenvalue weighted by molar-refractivity contribution is 7.91. The third kappa shape index (κ3) is 4.82. The van der Waals surface area contributed by atoms with Crippen LogP contribution in [0.25, 0.3) is 0 Å². The molecule has 1 N–H and O–H groups in total. The van der Waals surface area contributed by atoms with Crippen LogP contribution in [0.5, 0.6) is 0 Å². The monoisotopic (exact) mass is 450 g/mol. The highest BCUT2D eigenvalue weighted by Crippen LogP contribution is 2.30. The number of thiophene rings is 1. The molecule has 2 atom stereocenters. The van der Waals surface area contributed by atoms with Crippen LogP contribution < -0.4 is 5.32 Å². The molecule has 2 aliphatic rings. The molecule has 0 radical (unpaired) electrons. The van der Waals surface area contributed by atoms with Gasteiger partial charge in [-0.15, -0.1) is 11.3 Å². The molecule has 0 saturated carbocycles. The van der Waals surface area contributed by atoms with Crippen molar-refractivity contribution in [3.8, 4) is 0 Å². The predicted molar refractivity (Wildman–Crippen MR) is 123 cm³/mol. The normalized spacial score (nSPS) is 23.8. The van der Waals surface area contributed by atoms with E-state index in [1.807, 2.05) is 22.9 Å². The fraction of sp³-hybridized carbons (Fsp3) is 0.682. The van der Waals surface area contributed by atoms with Crippen molar-refractivity contribution in [1.29, 1.82) is 0 Å². The summed E-state index contributed by atoms with van der Waals surface area (Å²) in [6.07, 6.45) is 3.22. The van der Waals surface area contributed by atoms with Gasteiger partial charge in [0.25, 0.3) is 0 Å². The summed E-state index contributed by atoms with van der Waals surface area (Å²) < 4.78 is 25.7. The summed E-state index contributed by atoms with van der Waals surface area (Å²) in [6.45, 7) is 10.5. The number of aryl methyl sites for hydroxylation is 1. The zero-order chi connectivity index (χ0) is 21.3. The van der Waals surface area contributed by atoms with Crippen molar-refractivity contribution < 1.29 is 8.42 Å². The topological polar surface area (TPSA) is 67.2 Å². The Morgan fingerprint density at radius 2 is 2.03 bits per heavy atom. The van der Waals surface area contributed by atoms with Gasteiger partial charge in [-0.3, -0.25) is 9.58 Å². The lowest BCUT2D eigenvalue weighted by atomic mass is 9.97. The summed E-state index contributed by atoms with van der Waals surface area (Å²) in [5.41, 5.74) is 3.31. The van der Waals surface area contributed by atoms with Gasteiger partial charge in [0.2, 0.25) is 0 Å². The molecular formula is C22H34N4O2S2. The van der Waals surface area contributed by atoms with Crippen molar-refractivity contribution in [2.75, 3.05) is 31.1 Å². The van der Waals surface area contributed by atoms with Crippen LogP contribution in [0.3, 0.4) is 0 Å². The van der Waals surface area contributed by atoms with Gasteiger partial charge in [0.1, 0.15) is 0 Å². The average Bonchev–Trinajstić information content (AvgIpc) is 3.41. The van der Waals surface area contributed by atoms with E-state index in [-0.39, 0.29) is 17.5 Å². The summed E-state index contributed by atoms with van der Waals surface area (Å²) in [6, 6.07) is 4.79. The molecule has 6 nitrogen and oxygen atoms in total. The van der Waals surface area contributed by atoms with Crippen LogP contribution in [0.15, 0.2) is 17.5 Å². The SMILES string of the molecule is Cc1nn(C2CCS(=O)(=O)C2)c(C)c1CNCC(c1cccs1)N1CCC(C)CC1. The van der Waals surface area contributed by atoms with E-state index >= 15 is 0 Å². The number of piperidine rings is 1. The van der Waals surface area contributed by atoms with Gasteiger partial charge in [0.15, 0.2) is 9.84 Å². The number of likely N-dealkylation sites (tertiary alicyclic amines) is 1. The van der Waals surface area contributed by atoms with Crippen molar-refractivity contribution in [2.45, 2.75) is 58.7 Å². The van der Waals surface area contributed by atoms with E-state index in [1.54, 1.807) is 0 Å². The molecule has 166 valence electrons. The second kappa shape index (κ2) is 9.10. The van der Waals surface area contributed by atoms with Gasteiger partial charge >= 0.3 is 0 Å². The van der Waals surface area contributed by atoms with E-state index in [0.717, 1.165) is 43.5 Å². The fourth-order valence-corrected chi connectivity index (χ4v) is 7.39. The number of nitrogens with one attached hydrogen (secondary N) is 1. The first kappa shape index (κ1) is 22.0. The van der Waals surface area contributed by atoms with Crippen LogP contribution in [0, 0.1) is 19.8 Å². The van der Waals surface area contributed by atoms with E-state index in [9.17, 15) is 8.42 Å². The van der Waals surface area contributed by atoms with Crippen molar-refractivity contribution in [3.05, 3.63) is 39.3 Å². The first-order valence-electron chi connectivity index (χ1n) is 11.1. The maximum atomic E-state index is 11.9. The summed E-state index contributed by atoms with van der Waals surface area (Å²) in [7, 11) is -2.91. The minimum Gasteiger partial charge on any atom is -0.311 e. The van der Waals surface area contributed by atoms with Gasteiger partial charge in [-0.2, -0.15) is 5.10 Å². The summed E-state index contributed by atoms with van der Waals surface area (Å²) in [5.74, 6) is 1.32. The molecule has 30 heavy (non-hydrogen) atoms. The number of hydrogen-bond donors (Lipinski definition) is 1. The Morgan fingerprint density at radius 3 is 2.67 bits per heavy atom. The number of rotatable bonds is 7. The largest absolute Gasteiger partial charge is 0.311 e. The lowest BCUT2D eigenvalue weighted by Crippen LogP contribution is -2.40. The van der Waals surface area contributed by atoms with Gasteiger partial charge in [-0.1, -0.05) is 13.0 Å². The molecule has 2 aromatic rings. The van der Waals surface area contributed by atoms with Crippen molar-refractivity contribution in [2.24, 2.45) is 5.92 Å². The van der Waals surface area contributed by atoms with Crippen molar-refractivity contribution >= 4 is 21.2 Å². The van der Waals surface area contributed by atoms with Crippen LogP contribution in [0.2, 0.25) is 0 Å². The molecule has 0 spiro atoms. The van der Waals surface area contributed by atoms with E-state index in [0.29, 0.717) is 12.5 Å². The Kier molecular flexibility index (Phi) is 6.67. The predicted octanol–water partition coefficient (Wildman–Crippen LogP) is 3.48. The molecule has 8 heteroatoms. The van der Waals surface area contributed by atoms with E-state index in [2.05, 4.69) is 41.6 Å². The van der Waals surface area contributed by atoms with Crippen LogP contribution >= 0.6 is 11.3 Å². The highest BCUT2D eigenvalue weighted by atomic mass is 32.2. The van der Waals surface area contributed by atoms with E-state index in [4.69, 9.17) is 5.10 Å². The maximum Gasteiger partial charge on any atom is 0.152 e. The highest BCUT2D eigenvalue weighted by Gasteiger charge is 2.31. The van der Waals surface area contributed by atoms with Crippen LogP contribution in [-0.4, -0.2) is 54.2 Å². The van der Waals surface area contributed by atoms with Gasteiger partial charge < -0.3 is 5.32 Å². The van der Waals surface area contributed by atoms with Gasteiger partial charge in [0.05, 0.1) is 29.3 Å². The number of hydrogen-bond acceptors (Lipinski definition) is 6. The molecule has 2 unspecified atom stereocenters. The van der Waals surface area contributed by atoms with Crippen LogP contribution in [0.4, 0.5) is 0 Å². The van der Waals surface area contributed by atoms with Gasteiger partial charge in [-0.05, 0) is 63.6 Å². The third-order valence-corrected chi connectivity index (χ3v) is 9.52. The number of nitrogens with zero attached hydrogens (tertiary/aromatic N) is 3. The Hall–Kier alpha value is -1.22. The standard InChI is InChI=1S/C22H34N4O2S2/c1-16-6-9-25(10-7-16)21(22-5-4-11-29-22)14-23-13-20-17(2)24-26(18(20)3)19-8-12-30(27,28)15-19/h4-5,11,16,19,21,23H,6-10,12-15H2,1-3H3. The maximum absolute atomic E-state index is 11.9. The zero-order valence-corrected chi connectivity index (χ0v) is 19.9. The Labute approximate surface area is 184 Å². The minimum absolute atomic E-state index is 0.0170. The summed E-state index contributed by atoms with van der Waals surface area (Å²) in [5, 5.41) is 10.6. The Bertz CT molecular complexity index is 944. The molecule has 4 heterocycles. The van der Waals surface area contributed by atoms with E-state index < -0.39 is 9.84 Å². The van der Waals surface area contributed by atoms with Gasteiger partial charge in [-0.25, -0.2) is 8.42 Å². The van der Waals surface area contributed by atoms with Crippen LogP contribution in [-0.2, 0) is 16.4 Å². The zero-order valence-electron chi connectivity index (χ0n) is 18.3. The lowest BCUT2D eigenvalue weighted by Gasteiger charge is -2.36. The molecule has 0 amide bonds. The molecule has 2 aliphatic heterocycles. The summed E-state index contributed by atoms with van der Waals surface area (Å²) in [4.78, 5) is 4.06. The third-order valence-electron chi connectivity index (χ3n) is 6.80. The van der Waals surface area contributed by atoms with Crippen molar-refractivity contribution in [3.63, 3.8) is 0 Å². The Morgan fingerprint density at radius 1 is 1.27 bits per heavy atom. The molecular weight excluding hydrogens is 416 g/mol. The number of sulfone groups is 1. The molecule has 2 aromatic heterocycles. The quantitative estimate of drug-likeness (QED) is 0.699. The second-order valence-electron chi connectivity index (χ2n) is 9.03. The molecule has 2 saturated heterocycles. The molecule has 2 fully saturated rings. The lowest BCUT2D eigenvalue weighted by molar-refractivity contribution is 0.137. The van der Waals surface area contributed by atoms with E-state index in [1.165, 1.54) is 23.3 Å². The minimum atomic E-state index is -2.91. The summed E-state index contributed by atoms with van der Waals surface area (Å²) >= 11 is 1.84. The average molecular weight is 451 g/mol. The molecule has 0 aliphatic carbocycles. The second-order valence-corrected chi connectivity index (χ2v) is 12.2. The number of aromatic nitrogens is 2. The Balaban J connectivity index is 1.42. The molecule has 0 bridgehead atoms. The fourth-order valence-electron chi connectivity index (χ4n) is 4.84. The van der Waals surface area contributed by atoms with Crippen molar-refractivity contribution in [1.82, 2.24) is 20.0 Å². The van der Waals surface area contributed by atoms with Crippen LogP contribution in [0.1, 0.15) is 60.1 Å². The van der Waals surface area contributed by atoms with Gasteiger partial charge in [0, 0.05) is 29.2 Å². The molecule has 0 aromatic carbocycles. The first-order valence-corrected chi connectivity index (χ1v) is 13.8. The first-order chi connectivity index (χ1) is 14.3. The smallest absolute Gasteiger partial charge is 0.152 e. The molecule has 4 rings (SSSR count).